The number of hydrogen-bond acceptors (Lipinski definition) is 6. The van der Waals surface area contributed by atoms with Crippen molar-refractivity contribution in [2.24, 2.45) is 0 Å². The number of amides is 1. The van der Waals surface area contributed by atoms with Crippen molar-refractivity contribution < 1.29 is 23.1 Å². The minimum atomic E-state index is -3.95. The van der Waals surface area contributed by atoms with Crippen LogP contribution < -0.4 is 9.44 Å². The molecule has 1 amide bonds. The maximum Gasteiger partial charge on any atom is 0.421 e. The Morgan fingerprint density at radius 2 is 2.25 bits per heavy atom. The van der Waals surface area contributed by atoms with E-state index in [1.165, 1.54) is 11.3 Å². The normalized spacial score (nSPS) is 10.5. The highest BCUT2D eigenvalue weighted by molar-refractivity contribution is 7.88. The average Bonchev–Trinajstić information content (AvgIpc) is 2.81. The number of aliphatic hydroxyl groups excluding tert-OH is 1. The molecule has 9 heteroatoms. The Kier molecular flexibility index (Phi) is 6.47. The lowest BCUT2D eigenvalue weighted by Gasteiger charge is -2.06. The van der Waals surface area contributed by atoms with E-state index in [2.05, 4.69) is 21.3 Å². The van der Waals surface area contributed by atoms with Gasteiger partial charge in [0.2, 0.25) is 0 Å². The molecule has 0 unspecified atom stereocenters. The molecule has 3 N–H and O–H groups in total. The number of nitrogens with one attached hydrogen (secondary N) is 2. The molecule has 0 fully saturated rings. The number of carbonyl (C=O) groups excluding carboxylic acids is 1. The van der Waals surface area contributed by atoms with E-state index in [1.807, 2.05) is 0 Å². The molecule has 0 aliphatic rings. The number of aliphatic hydroxyl groups is 1. The van der Waals surface area contributed by atoms with Crippen LogP contribution in [0, 0.1) is 11.8 Å². The summed E-state index contributed by atoms with van der Waals surface area (Å²) in [6.45, 7) is 1.45. The predicted molar refractivity (Wildman–Crippen MR) is 74.2 cm³/mol. The summed E-state index contributed by atoms with van der Waals surface area (Å²) >= 11 is 1.29. The molecule has 0 aliphatic carbocycles. The van der Waals surface area contributed by atoms with Crippen molar-refractivity contribution in [3.8, 4) is 11.8 Å². The van der Waals surface area contributed by atoms with Crippen LogP contribution in [0.25, 0.3) is 0 Å². The zero-order chi connectivity index (χ0) is 15.0. The third-order valence-electron chi connectivity index (χ3n) is 1.88. The third-order valence-corrected chi connectivity index (χ3v) is 3.84. The summed E-state index contributed by atoms with van der Waals surface area (Å²) in [5.41, 5.74) is 0. The fourth-order valence-electron chi connectivity index (χ4n) is 1.14. The van der Waals surface area contributed by atoms with Crippen LogP contribution in [-0.4, -0.2) is 32.8 Å². The van der Waals surface area contributed by atoms with Crippen molar-refractivity contribution in [1.29, 1.82) is 0 Å². The molecule has 0 aliphatic heterocycles. The number of carbonyl (C=O) groups is 1. The summed E-state index contributed by atoms with van der Waals surface area (Å²) in [5.74, 6) is 5.21. The van der Waals surface area contributed by atoms with Gasteiger partial charge in [0.25, 0.3) is 0 Å². The molecular weight excluding hydrogens is 304 g/mol. The van der Waals surface area contributed by atoms with Gasteiger partial charge in [-0.3, -0.25) is 0 Å². The van der Waals surface area contributed by atoms with E-state index in [0.29, 0.717) is 4.88 Å². The first kappa shape index (κ1) is 16.5. The fourth-order valence-corrected chi connectivity index (χ4v) is 2.75. The Hall–Kier alpha value is -1.60. The first-order valence-corrected chi connectivity index (χ1v) is 7.89. The maximum atomic E-state index is 11.5. The number of ether oxygens (including phenoxy) is 1. The van der Waals surface area contributed by atoms with E-state index in [0.717, 1.165) is 4.88 Å². The van der Waals surface area contributed by atoms with Gasteiger partial charge >= 0.3 is 16.3 Å². The van der Waals surface area contributed by atoms with E-state index in [1.54, 1.807) is 23.8 Å². The summed E-state index contributed by atoms with van der Waals surface area (Å²) < 4.78 is 31.4. The molecule has 0 saturated carbocycles. The molecule has 7 nitrogen and oxygen atoms in total. The van der Waals surface area contributed by atoms with Gasteiger partial charge in [0.05, 0.1) is 11.5 Å². The molecule has 1 aromatic heterocycles. The predicted octanol–water partition coefficient (Wildman–Crippen LogP) is 0.172. The molecule has 0 bridgehead atoms. The largest absolute Gasteiger partial charge is 0.449 e. The van der Waals surface area contributed by atoms with Gasteiger partial charge < -0.3 is 9.84 Å². The molecule has 1 rings (SSSR count). The van der Waals surface area contributed by atoms with E-state index in [-0.39, 0.29) is 19.8 Å². The zero-order valence-electron chi connectivity index (χ0n) is 10.7. The molecule has 0 saturated heterocycles. The third kappa shape index (κ3) is 6.03. The molecule has 1 aromatic rings. The number of thiophene rings is 1. The molecule has 1 heterocycles. The van der Waals surface area contributed by atoms with Gasteiger partial charge in [0.15, 0.2) is 0 Å². The summed E-state index contributed by atoms with van der Waals surface area (Å²) in [6.07, 6.45) is -1.03. The van der Waals surface area contributed by atoms with E-state index in [4.69, 9.17) is 5.11 Å². The van der Waals surface area contributed by atoms with Gasteiger partial charge in [0, 0.05) is 11.4 Å². The Bertz CT molecular complexity index is 612. The Morgan fingerprint density at radius 1 is 1.50 bits per heavy atom. The monoisotopic (exact) mass is 318 g/mol. The van der Waals surface area contributed by atoms with Crippen LogP contribution in [0.1, 0.15) is 16.7 Å². The molecule has 0 radical (unpaired) electrons. The van der Waals surface area contributed by atoms with E-state index >= 15 is 0 Å². The van der Waals surface area contributed by atoms with Crippen LogP contribution in [-0.2, 0) is 21.5 Å². The summed E-state index contributed by atoms with van der Waals surface area (Å²) in [6, 6.07) is 3.43. The zero-order valence-corrected chi connectivity index (χ0v) is 12.3. The minimum absolute atomic E-state index is 0.0280. The highest BCUT2D eigenvalue weighted by Gasteiger charge is 2.14. The topological polar surface area (TPSA) is 105 Å². The van der Waals surface area contributed by atoms with Crippen molar-refractivity contribution in [3.05, 3.63) is 21.9 Å². The van der Waals surface area contributed by atoms with E-state index < -0.39 is 16.3 Å². The Morgan fingerprint density at radius 3 is 2.90 bits per heavy atom. The lowest BCUT2D eigenvalue weighted by molar-refractivity contribution is 0.158. The van der Waals surface area contributed by atoms with Crippen molar-refractivity contribution in [3.63, 3.8) is 0 Å². The summed E-state index contributed by atoms with van der Waals surface area (Å²) in [7, 11) is -3.95. The van der Waals surface area contributed by atoms with E-state index in [9.17, 15) is 13.2 Å². The van der Waals surface area contributed by atoms with Crippen molar-refractivity contribution >= 4 is 27.6 Å². The van der Waals surface area contributed by atoms with Gasteiger partial charge in [-0.2, -0.15) is 13.1 Å². The van der Waals surface area contributed by atoms with Crippen LogP contribution in [0.2, 0.25) is 0 Å². The second-order valence-corrected chi connectivity index (χ2v) is 6.04. The molecule has 20 heavy (non-hydrogen) atoms. The van der Waals surface area contributed by atoms with Crippen molar-refractivity contribution in [1.82, 2.24) is 9.44 Å². The SMILES string of the molecule is CCOC(=O)NS(=O)(=O)NCc1ccc(C#CCO)s1. The fraction of sp³-hybridized carbons (Fsp3) is 0.364. The molecular formula is C11H14N2O5S2. The standard InChI is InChI=1S/C11H14N2O5S2/c1-2-18-11(15)13-20(16,17)12-8-10-6-5-9(19-10)4-3-7-14/h5-6,12,14H,2,7-8H2,1H3,(H,13,15). The average molecular weight is 318 g/mol. The maximum absolute atomic E-state index is 11.5. The van der Waals surface area contributed by atoms with Crippen LogP contribution in [0.5, 0.6) is 0 Å². The highest BCUT2D eigenvalue weighted by atomic mass is 32.2. The summed E-state index contributed by atoms with van der Waals surface area (Å²) in [4.78, 5) is 12.4. The second kappa shape index (κ2) is 7.86. The first-order chi connectivity index (χ1) is 9.46. The second-order valence-electron chi connectivity index (χ2n) is 3.37. The van der Waals surface area contributed by atoms with Crippen LogP contribution in [0.4, 0.5) is 4.79 Å². The van der Waals surface area contributed by atoms with Crippen LogP contribution in [0.3, 0.4) is 0 Å². The number of rotatable bonds is 5. The number of hydrogen-bond donors (Lipinski definition) is 3. The van der Waals surface area contributed by atoms with Crippen molar-refractivity contribution in [2.45, 2.75) is 13.5 Å². The van der Waals surface area contributed by atoms with Crippen LogP contribution in [0.15, 0.2) is 12.1 Å². The first-order valence-electron chi connectivity index (χ1n) is 5.59. The van der Waals surface area contributed by atoms with Crippen LogP contribution >= 0.6 is 11.3 Å². The lowest BCUT2D eigenvalue weighted by Crippen LogP contribution is -2.40. The minimum Gasteiger partial charge on any atom is -0.449 e. The highest BCUT2D eigenvalue weighted by Crippen LogP contribution is 2.15. The smallest absolute Gasteiger partial charge is 0.421 e. The summed E-state index contributed by atoms with van der Waals surface area (Å²) in [5, 5.41) is 8.56. The Labute approximate surface area is 121 Å². The van der Waals surface area contributed by atoms with Gasteiger partial charge in [0.1, 0.15) is 6.61 Å². The van der Waals surface area contributed by atoms with Crippen molar-refractivity contribution in [2.75, 3.05) is 13.2 Å². The molecule has 0 spiro atoms. The molecule has 0 aromatic carbocycles. The van der Waals surface area contributed by atoms with Gasteiger partial charge in [-0.25, -0.2) is 9.52 Å². The lowest BCUT2D eigenvalue weighted by atomic mass is 10.4. The molecule has 110 valence electrons. The van der Waals surface area contributed by atoms with Gasteiger partial charge in [-0.05, 0) is 19.1 Å². The van der Waals surface area contributed by atoms with Gasteiger partial charge in [-0.15, -0.1) is 11.3 Å². The quantitative estimate of drug-likeness (QED) is 0.671. The molecule has 0 atom stereocenters. The van der Waals surface area contributed by atoms with Gasteiger partial charge in [-0.1, -0.05) is 11.8 Å². The Balaban J connectivity index is 2.53.